The standard InChI is InChI=1S/C16H19ClN2O4S2/c1-10(15(20)21)5-3-6-12-9-24-16(18-12)19-25(22,23)14-8-4-7-13(17)11(14)2/h4,7-10H,3,5-6H2,1-2H3,(H,18,19)(H,20,21). The van der Waals surface area contributed by atoms with E-state index in [1.807, 2.05) is 0 Å². The Balaban J connectivity index is 2.03. The second kappa shape index (κ2) is 8.16. The van der Waals surface area contributed by atoms with Gasteiger partial charge in [-0.2, -0.15) is 0 Å². The van der Waals surface area contributed by atoms with Crippen molar-refractivity contribution >= 4 is 44.1 Å². The zero-order valence-electron chi connectivity index (χ0n) is 13.8. The molecule has 1 heterocycles. The second-order valence-corrected chi connectivity index (χ2v) is 8.66. The zero-order valence-corrected chi connectivity index (χ0v) is 16.2. The molecule has 0 saturated heterocycles. The van der Waals surface area contributed by atoms with Crippen LogP contribution >= 0.6 is 22.9 Å². The lowest BCUT2D eigenvalue weighted by atomic mass is 10.0. The Labute approximate surface area is 155 Å². The molecule has 6 nitrogen and oxygen atoms in total. The number of rotatable bonds is 8. The third-order valence-electron chi connectivity index (χ3n) is 3.77. The molecule has 0 fully saturated rings. The molecule has 136 valence electrons. The van der Waals surface area contributed by atoms with Gasteiger partial charge in [0, 0.05) is 10.4 Å². The van der Waals surface area contributed by atoms with Gasteiger partial charge in [0.1, 0.15) is 0 Å². The van der Waals surface area contributed by atoms with Gasteiger partial charge in [0.15, 0.2) is 5.13 Å². The number of thiazole rings is 1. The van der Waals surface area contributed by atoms with Gasteiger partial charge >= 0.3 is 5.97 Å². The minimum atomic E-state index is -3.76. The fraction of sp³-hybridized carbons (Fsp3) is 0.375. The first kappa shape index (κ1) is 19.7. The van der Waals surface area contributed by atoms with Crippen molar-refractivity contribution in [3.63, 3.8) is 0 Å². The first-order valence-electron chi connectivity index (χ1n) is 7.66. The summed E-state index contributed by atoms with van der Waals surface area (Å²) in [5.41, 5.74) is 1.22. The Kier molecular flexibility index (Phi) is 6.42. The molecule has 1 atom stereocenters. The number of halogens is 1. The molecule has 1 aromatic heterocycles. The van der Waals surface area contributed by atoms with Crippen molar-refractivity contribution in [1.82, 2.24) is 4.98 Å². The average Bonchev–Trinajstić information content (AvgIpc) is 2.96. The summed E-state index contributed by atoms with van der Waals surface area (Å²) in [7, 11) is -3.76. The SMILES string of the molecule is Cc1c(Cl)cccc1S(=O)(=O)Nc1nc(CCCC(C)C(=O)O)cs1. The maximum absolute atomic E-state index is 12.5. The molecule has 0 bridgehead atoms. The molecule has 0 spiro atoms. The summed E-state index contributed by atoms with van der Waals surface area (Å²) in [6, 6.07) is 4.71. The van der Waals surface area contributed by atoms with Crippen LogP contribution in [-0.4, -0.2) is 24.5 Å². The van der Waals surface area contributed by atoms with Gasteiger partial charge in [-0.25, -0.2) is 13.4 Å². The van der Waals surface area contributed by atoms with Gasteiger partial charge in [0.2, 0.25) is 0 Å². The number of nitrogens with zero attached hydrogens (tertiary/aromatic N) is 1. The average molecular weight is 403 g/mol. The van der Waals surface area contributed by atoms with Crippen LogP contribution in [0.15, 0.2) is 28.5 Å². The normalized spacial score (nSPS) is 12.8. The number of carboxylic acids is 1. The summed E-state index contributed by atoms with van der Waals surface area (Å²) in [4.78, 5) is 15.2. The van der Waals surface area contributed by atoms with E-state index in [0.717, 1.165) is 5.69 Å². The molecular formula is C16H19ClN2O4S2. The Hall–Kier alpha value is -1.64. The maximum atomic E-state index is 12.5. The highest BCUT2D eigenvalue weighted by molar-refractivity contribution is 7.93. The molecule has 0 radical (unpaired) electrons. The van der Waals surface area contributed by atoms with Gasteiger partial charge in [0.25, 0.3) is 10.0 Å². The molecule has 0 aliphatic rings. The Bertz CT molecular complexity index is 865. The predicted molar refractivity (Wildman–Crippen MR) is 98.8 cm³/mol. The molecule has 2 N–H and O–H groups in total. The van der Waals surface area contributed by atoms with Crippen molar-refractivity contribution in [3.8, 4) is 0 Å². The van der Waals surface area contributed by atoms with Crippen molar-refractivity contribution in [3.05, 3.63) is 39.9 Å². The third kappa shape index (κ3) is 5.17. The van der Waals surface area contributed by atoms with Crippen molar-refractivity contribution in [2.45, 2.75) is 38.0 Å². The van der Waals surface area contributed by atoms with E-state index < -0.39 is 21.9 Å². The molecule has 0 aliphatic carbocycles. The number of benzene rings is 1. The summed E-state index contributed by atoms with van der Waals surface area (Å²) >= 11 is 7.18. The van der Waals surface area contributed by atoms with Crippen LogP contribution in [0.2, 0.25) is 5.02 Å². The highest BCUT2D eigenvalue weighted by atomic mass is 35.5. The van der Waals surface area contributed by atoms with Gasteiger partial charge in [-0.05, 0) is 43.9 Å². The molecule has 25 heavy (non-hydrogen) atoms. The van der Waals surface area contributed by atoms with Crippen LogP contribution in [0.3, 0.4) is 0 Å². The van der Waals surface area contributed by atoms with Crippen LogP contribution in [0.4, 0.5) is 5.13 Å². The lowest BCUT2D eigenvalue weighted by molar-refractivity contribution is -0.141. The minimum Gasteiger partial charge on any atom is -0.481 e. The Morgan fingerprint density at radius 3 is 2.84 bits per heavy atom. The molecule has 0 amide bonds. The molecule has 1 aromatic carbocycles. The van der Waals surface area contributed by atoms with Gasteiger partial charge in [-0.1, -0.05) is 24.6 Å². The van der Waals surface area contributed by atoms with Crippen LogP contribution < -0.4 is 4.72 Å². The number of sulfonamides is 1. The van der Waals surface area contributed by atoms with Crippen LogP contribution in [0.25, 0.3) is 0 Å². The van der Waals surface area contributed by atoms with E-state index in [0.29, 0.717) is 29.8 Å². The summed E-state index contributed by atoms with van der Waals surface area (Å²) < 4.78 is 27.5. The molecule has 0 saturated carbocycles. The molecule has 2 aromatic rings. The van der Waals surface area contributed by atoms with Crippen molar-refractivity contribution in [2.24, 2.45) is 5.92 Å². The number of carbonyl (C=O) groups is 1. The summed E-state index contributed by atoms with van der Waals surface area (Å²) in [5.74, 6) is -1.22. The first-order chi connectivity index (χ1) is 11.7. The van der Waals surface area contributed by atoms with E-state index in [1.54, 1.807) is 31.4 Å². The fourth-order valence-corrected chi connectivity index (χ4v) is 4.73. The molecule has 1 unspecified atom stereocenters. The maximum Gasteiger partial charge on any atom is 0.306 e. The van der Waals surface area contributed by atoms with E-state index >= 15 is 0 Å². The first-order valence-corrected chi connectivity index (χ1v) is 10.4. The smallest absolute Gasteiger partial charge is 0.306 e. The molecule has 9 heteroatoms. The number of carboxylic acid groups (broad SMARTS) is 1. The summed E-state index contributed by atoms with van der Waals surface area (Å²) in [6.45, 7) is 3.31. The van der Waals surface area contributed by atoms with Crippen LogP contribution in [0.5, 0.6) is 0 Å². The van der Waals surface area contributed by atoms with Crippen LogP contribution in [0.1, 0.15) is 31.0 Å². The largest absolute Gasteiger partial charge is 0.481 e. The van der Waals surface area contributed by atoms with E-state index in [2.05, 4.69) is 9.71 Å². The number of hydrogen-bond donors (Lipinski definition) is 2. The van der Waals surface area contributed by atoms with Crippen molar-refractivity contribution in [1.29, 1.82) is 0 Å². The summed E-state index contributed by atoms with van der Waals surface area (Å²) in [6.07, 6.45) is 1.83. The third-order valence-corrected chi connectivity index (χ3v) is 6.60. The topological polar surface area (TPSA) is 96.4 Å². The highest BCUT2D eigenvalue weighted by Crippen LogP contribution is 2.26. The van der Waals surface area contributed by atoms with E-state index in [1.165, 1.54) is 17.4 Å². The van der Waals surface area contributed by atoms with Crippen LogP contribution in [-0.2, 0) is 21.2 Å². The lowest BCUT2D eigenvalue weighted by Gasteiger charge is -2.09. The second-order valence-electron chi connectivity index (χ2n) is 5.74. The monoisotopic (exact) mass is 402 g/mol. The Morgan fingerprint density at radius 2 is 2.16 bits per heavy atom. The number of nitrogens with one attached hydrogen (secondary N) is 1. The molecular weight excluding hydrogens is 384 g/mol. The van der Waals surface area contributed by atoms with Gasteiger partial charge in [0.05, 0.1) is 16.5 Å². The summed E-state index contributed by atoms with van der Waals surface area (Å²) in [5, 5.41) is 11.3. The quantitative estimate of drug-likeness (QED) is 0.696. The zero-order chi connectivity index (χ0) is 18.6. The van der Waals surface area contributed by atoms with E-state index in [9.17, 15) is 13.2 Å². The highest BCUT2D eigenvalue weighted by Gasteiger charge is 2.20. The number of aromatic nitrogens is 1. The van der Waals surface area contributed by atoms with Gasteiger partial charge in [-0.3, -0.25) is 9.52 Å². The predicted octanol–water partition coefficient (Wildman–Crippen LogP) is 3.95. The lowest BCUT2D eigenvalue weighted by Crippen LogP contribution is -2.14. The van der Waals surface area contributed by atoms with E-state index in [4.69, 9.17) is 16.7 Å². The Morgan fingerprint density at radius 1 is 1.44 bits per heavy atom. The van der Waals surface area contributed by atoms with E-state index in [-0.39, 0.29) is 10.0 Å². The minimum absolute atomic E-state index is 0.118. The molecule has 2 rings (SSSR count). The van der Waals surface area contributed by atoms with Crippen molar-refractivity contribution < 1.29 is 18.3 Å². The van der Waals surface area contributed by atoms with Crippen molar-refractivity contribution in [2.75, 3.05) is 4.72 Å². The van der Waals surface area contributed by atoms with Gasteiger partial charge in [-0.15, -0.1) is 11.3 Å². The number of anilines is 1. The number of aryl methyl sites for hydroxylation is 1. The fourth-order valence-electron chi connectivity index (χ4n) is 2.23. The van der Waals surface area contributed by atoms with Gasteiger partial charge < -0.3 is 5.11 Å². The van der Waals surface area contributed by atoms with Crippen LogP contribution in [0, 0.1) is 12.8 Å². The number of hydrogen-bond acceptors (Lipinski definition) is 5. The number of aliphatic carboxylic acids is 1. The molecule has 0 aliphatic heterocycles.